The van der Waals surface area contributed by atoms with Crippen LogP contribution < -0.4 is 5.32 Å². The highest BCUT2D eigenvalue weighted by Crippen LogP contribution is 2.24. The van der Waals surface area contributed by atoms with Gasteiger partial charge in [-0.25, -0.2) is 4.39 Å². The molecule has 0 heterocycles. The molecule has 0 bridgehead atoms. The van der Waals surface area contributed by atoms with Crippen LogP contribution in [0.4, 0.5) is 4.39 Å². The lowest BCUT2D eigenvalue weighted by atomic mass is 10.0. The topological polar surface area (TPSA) is 29.1 Å². The molecule has 0 radical (unpaired) electrons. The highest BCUT2D eigenvalue weighted by atomic mass is 79.9. The van der Waals surface area contributed by atoms with Gasteiger partial charge < -0.3 is 5.32 Å². The van der Waals surface area contributed by atoms with Gasteiger partial charge in [0, 0.05) is 10.5 Å². The molecule has 0 unspecified atom stereocenters. The standard InChI is InChI=1S/C12H13BrFNO/c1-2-7-5-8(13)6-10(14)11(7)12(16)15-9-3-4-9/h5-6,9H,2-4H2,1H3,(H,15,16). The largest absolute Gasteiger partial charge is 0.349 e. The van der Waals surface area contributed by atoms with E-state index in [4.69, 9.17) is 0 Å². The third-order valence-corrected chi connectivity index (χ3v) is 3.12. The van der Waals surface area contributed by atoms with Gasteiger partial charge in [0.15, 0.2) is 0 Å². The van der Waals surface area contributed by atoms with E-state index in [1.54, 1.807) is 6.07 Å². The third-order valence-electron chi connectivity index (χ3n) is 2.66. The first-order valence-corrected chi connectivity index (χ1v) is 6.20. The summed E-state index contributed by atoms with van der Waals surface area (Å²) in [6.07, 6.45) is 2.65. The van der Waals surface area contributed by atoms with E-state index in [2.05, 4.69) is 21.2 Å². The van der Waals surface area contributed by atoms with Crippen LogP contribution in [0.3, 0.4) is 0 Å². The first-order chi connectivity index (χ1) is 7.61. The van der Waals surface area contributed by atoms with Crippen LogP contribution in [0.1, 0.15) is 35.7 Å². The maximum atomic E-state index is 13.7. The van der Waals surface area contributed by atoms with E-state index in [0.29, 0.717) is 10.9 Å². The van der Waals surface area contributed by atoms with Crippen molar-refractivity contribution in [2.24, 2.45) is 0 Å². The molecule has 1 fully saturated rings. The Morgan fingerprint density at radius 3 is 2.81 bits per heavy atom. The number of benzene rings is 1. The third kappa shape index (κ3) is 2.43. The molecule has 0 atom stereocenters. The lowest BCUT2D eigenvalue weighted by molar-refractivity contribution is 0.0946. The molecule has 0 aromatic heterocycles. The Bertz CT molecular complexity index is 429. The molecule has 4 heteroatoms. The minimum absolute atomic E-state index is 0.192. The zero-order chi connectivity index (χ0) is 11.7. The quantitative estimate of drug-likeness (QED) is 0.909. The maximum Gasteiger partial charge on any atom is 0.254 e. The fourth-order valence-corrected chi connectivity index (χ4v) is 2.12. The lowest BCUT2D eigenvalue weighted by Gasteiger charge is -2.10. The summed E-state index contributed by atoms with van der Waals surface area (Å²) in [6.45, 7) is 1.91. The van der Waals surface area contributed by atoms with Crippen LogP contribution in [0.5, 0.6) is 0 Å². The van der Waals surface area contributed by atoms with Crippen molar-refractivity contribution in [3.63, 3.8) is 0 Å². The molecular formula is C12H13BrFNO. The number of hydrogen-bond acceptors (Lipinski definition) is 1. The number of rotatable bonds is 3. The van der Waals surface area contributed by atoms with E-state index >= 15 is 0 Å². The number of carbonyl (C=O) groups is 1. The predicted molar refractivity (Wildman–Crippen MR) is 64.0 cm³/mol. The van der Waals surface area contributed by atoms with Gasteiger partial charge in [-0.05, 0) is 37.0 Å². The molecule has 1 aliphatic rings. The summed E-state index contributed by atoms with van der Waals surface area (Å²) in [7, 11) is 0. The molecule has 0 saturated heterocycles. The molecule has 2 nitrogen and oxygen atoms in total. The van der Waals surface area contributed by atoms with Crippen LogP contribution in [-0.4, -0.2) is 11.9 Å². The summed E-state index contributed by atoms with van der Waals surface area (Å²) in [5.41, 5.74) is 0.933. The van der Waals surface area contributed by atoms with Gasteiger partial charge in [-0.1, -0.05) is 22.9 Å². The van der Waals surface area contributed by atoms with Gasteiger partial charge in [-0.2, -0.15) is 0 Å². The van der Waals surface area contributed by atoms with Crippen molar-refractivity contribution >= 4 is 21.8 Å². The fourth-order valence-electron chi connectivity index (χ4n) is 1.65. The van der Waals surface area contributed by atoms with Gasteiger partial charge >= 0.3 is 0 Å². The molecular weight excluding hydrogens is 273 g/mol. The first-order valence-electron chi connectivity index (χ1n) is 5.40. The van der Waals surface area contributed by atoms with Gasteiger partial charge in [0.25, 0.3) is 5.91 Å². The molecule has 2 rings (SSSR count). The molecule has 1 aliphatic carbocycles. The van der Waals surface area contributed by atoms with Gasteiger partial charge in [-0.3, -0.25) is 4.79 Å². The number of carbonyl (C=O) groups excluding carboxylic acids is 1. The van der Waals surface area contributed by atoms with Gasteiger partial charge in [-0.15, -0.1) is 0 Å². The second-order valence-electron chi connectivity index (χ2n) is 4.02. The number of aryl methyl sites for hydroxylation is 1. The first kappa shape index (κ1) is 11.6. The van der Waals surface area contributed by atoms with E-state index in [1.807, 2.05) is 6.92 Å². The monoisotopic (exact) mass is 285 g/mol. The van der Waals surface area contributed by atoms with Crippen LogP contribution in [0.25, 0.3) is 0 Å². The van der Waals surface area contributed by atoms with Crippen LogP contribution in [0.15, 0.2) is 16.6 Å². The second kappa shape index (κ2) is 4.53. The Morgan fingerprint density at radius 2 is 2.25 bits per heavy atom. The van der Waals surface area contributed by atoms with Crippen molar-refractivity contribution in [2.75, 3.05) is 0 Å². The SMILES string of the molecule is CCc1cc(Br)cc(F)c1C(=O)NC1CC1. The minimum atomic E-state index is -0.454. The molecule has 1 saturated carbocycles. The summed E-state index contributed by atoms with van der Waals surface area (Å²) < 4.78 is 14.4. The molecule has 0 spiro atoms. The summed E-state index contributed by atoms with van der Waals surface area (Å²) in [4.78, 5) is 11.8. The van der Waals surface area contributed by atoms with Crippen molar-refractivity contribution in [3.05, 3.63) is 33.5 Å². The molecule has 1 aromatic rings. The van der Waals surface area contributed by atoms with Gasteiger partial charge in [0.2, 0.25) is 0 Å². The minimum Gasteiger partial charge on any atom is -0.349 e. The highest BCUT2D eigenvalue weighted by molar-refractivity contribution is 9.10. The molecule has 1 amide bonds. The van der Waals surface area contributed by atoms with Gasteiger partial charge in [0.05, 0.1) is 5.56 Å². The number of amides is 1. The van der Waals surface area contributed by atoms with Crippen molar-refractivity contribution < 1.29 is 9.18 Å². The zero-order valence-corrected chi connectivity index (χ0v) is 10.6. The van der Waals surface area contributed by atoms with Crippen molar-refractivity contribution in [1.29, 1.82) is 0 Å². The van der Waals surface area contributed by atoms with Gasteiger partial charge in [0.1, 0.15) is 5.82 Å². The molecule has 1 N–H and O–H groups in total. The Kier molecular flexibility index (Phi) is 3.28. The second-order valence-corrected chi connectivity index (χ2v) is 4.94. The zero-order valence-electron chi connectivity index (χ0n) is 9.02. The van der Waals surface area contributed by atoms with E-state index in [-0.39, 0.29) is 17.5 Å². The van der Waals surface area contributed by atoms with E-state index in [9.17, 15) is 9.18 Å². The van der Waals surface area contributed by atoms with E-state index in [1.165, 1.54) is 6.07 Å². The normalized spacial score (nSPS) is 14.9. The van der Waals surface area contributed by atoms with Crippen molar-refractivity contribution in [3.8, 4) is 0 Å². The Labute approximate surface area is 102 Å². The van der Waals surface area contributed by atoms with Crippen LogP contribution in [0, 0.1) is 5.82 Å². The highest BCUT2D eigenvalue weighted by Gasteiger charge is 2.26. The number of nitrogens with one attached hydrogen (secondary N) is 1. The smallest absolute Gasteiger partial charge is 0.254 e. The fraction of sp³-hybridized carbons (Fsp3) is 0.417. The Balaban J connectivity index is 2.32. The average molecular weight is 286 g/mol. The van der Waals surface area contributed by atoms with Crippen LogP contribution in [0.2, 0.25) is 0 Å². The molecule has 0 aliphatic heterocycles. The van der Waals surface area contributed by atoms with Crippen molar-refractivity contribution in [1.82, 2.24) is 5.32 Å². The Morgan fingerprint density at radius 1 is 1.56 bits per heavy atom. The maximum absolute atomic E-state index is 13.7. The lowest BCUT2D eigenvalue weighted by Crippen LogP contribution is -2.27. The summed E-state index contributed by atoms with van der Waals surface area (Å²) in [5, 5.41) is 2.81. The van der Waals surface area contributed by atoms with Crippen LogP contribution >= 0.6 is 15.9 Å². The summed E-state index contributed by atoms with van der Waals surface area (Å²) in [5.74, 6) is -0.742. The van der Waals surface area contributed by atoms with Crippen LogP contribution in [-0.2, 0) is 6.42 Å². The van der Waals surface area contributed by atoms with E-state index in [0.717, 1.165) is 18.4 Å². The summed E-state index contributed by atoms with van der Waals surface area (Å²) >= 11 is 3.23. The van der Waals surface area contributed by atoms with Crippen molar-refractivity contribution in [2.45, 2.75) is 32.2 Å². The molecule has 16 heavy (non-hydrogen) atoms. The van der Waals surface area contributed by atoms with E-state index < -0.39 is 5.82 Å². The Hall–Kier alpha value is -0.900. The average Bonchev–Trinajstić information content (AvgIpc) is 2.99. The predicted octanol–water partition coefficient (Wildman–Crippen LogP) is 3.04. The number of hydrogen-bond donors (Lipinski definition) is 1. The molecule has 1 aromatic carbocycles. The number of halogens is 2. The summed E-state index contributed by atoms with van der Waals surface area (Å²) in [6, 6.07) is 3.38. The molecule has 86 valence electrons.